The van der Waals surface area contributed by atoms with Crippen molar-refractivity contribution in [2.75, 3.05) is 0 Å². The molecule has 55 valence electrons. The van der Waals surface area contributed by atoms with E-state index in [9.17, 15) is 0 Å². The van der Waals surface area contributed by atoms with Crippen molar-refractivity contribution in [3.63, 3.8) is 0 Å². The highest BCUT2D eigenvalue weighted by atomic mass is 32.2. The monoisotopic (exact) mass is 163 g/mol. The summed E-state index contributed by atoms with van der Waals surface area (Å²) in [4.78, 5) is 4.15. The lowest BCUT2D eigenvalue weighted by atomic mass is 10.2. The Hall–Kier alpha value is -0.800. The summed E-state index contributed by atoms with van der Waals surface area (Å²) in [5.74, 6) is 0. The van der Waals surface area contributed by atoms with Crippen LogP contribution in [0.5, 0.6) is 0 Å². The predicted octanol–water partition coefficient (Wildman–Crippen LogP) is 1.80. The Morgan fingerprint density at radius 3 is 2.64 bits per heavy atom. The smallest absolute Gasteiger partial charge is 0.189 e. The van der Waals surface area contributed by atoms with E-state index in [-0.39, 0.29) is 0 Å². The van der Waals surface area contributed by atoms with E-state index in [1.165, 1.54) is 11.9 Å². The van der Waals surface area contributed by atoms with Gasteiger partial charge in [0.15, 0.2) is 6.17 Å². The third-order valence-corrected chi connectivity index (χ3v) is 1.96. The van der Waals surface area contributed by atoms with Crippen molar-refractivity contribution < 1.29 is 0 Å². The fourth-order valence-electron chi connectivity index (χ4n) is 0.917. The van der Waals surface area contributed by atoms with Crippen molar-refractivity contribution in [2.24, 2.45) is 4.99 Å². The largest absolute Gasteiger partial charge is 0.252 e. The van der Waals surface area contributed by atoms with E-state index in [1.54, 1.807) is 5.55 Å². The minimum absolute atomic E-state index is 0.940. The van der Waals surface area contributed by atoms with Crippen molar-refractivity contribution in [1.82, 2.24) is 4.72 Å². The molecule has 2 rings (SSSR count). The van der Waals surface area contributed by atoms with E-state index >= 15 is 0 Å². The van der Waals surface area contributed by atoms with Gasteiger partial charge in [0, 0.05) is 0 Å². The molecule has 0 saturated carbocycles. The Labute approximate surface area is 69.9 Å². The number of aliphatic imine (C=N–C) groups is 1. The van der Waals surface area contributed by atoms with Crippen molar-refractivity contribution in [2.45, 2.75) is 0 Å². The molecule has 0 fully saturated rings. The topological polar surface area (TPSA) is 24.4 Å². The van der Waals surface area contributed by atoms with Gasteiger partial charge in [0.1, 0.15) is 0 Å². The Morgan fingerprint density at radius 1 is 1.18 bits per heavy atom. The van der Waals surface area contributed by atoms with Crippen LogP contribution in [-0.4, -0.2) is 5.55 Å². The van der Waals surface area contributed by atoms with Crippen molar-refractivity contribution in [3.8, 4) is 0 Å². The molecule has 3 heteroatoms. The summed E-state index contributed by atoms with van der Waals surface area (Å²) >= 11 is 1.50. The maximum absolute atomic E-state index is 4.15. The van der Waals surface area contributed by atoms with E-state index < -0.39 is 0 Å². The summed E-state index contributed by atoms with van der Waals surface area (Å²) in [5, 5.41) is 0. The van der Waals surface area contributed by atoms with Crippen LogP contribution in [0.1, 0.15) is 5.56 Å². The van der Waals surface area contributed by atoms with Crippen LogP contribution in [0.15, 0.2) is 35.3 Å². The van der Waals surface area contributed by atoms with Crippen molar-refractivity contribution in [1.29, 1.82) is 0 Å². The summed E-state index contributed by atoms with van der Waals surface area (Å²) in [6, 6.07) is 10.1. The fraction of sp³-hybridized carbons (Fsp3) is 0. The SMILES string of the molecule is C1=N[C](c2ccccc2)NS1. The molecule has 1 aliphatic rings. The van der Waals surface area contributed by atoms with E-state index in [1.807, 2.05) is 30.3 Å². The molecular weight excluding hydrogens is 156 g/mol. The van der Waals surface area contributed by atoms with Crippen LogP contribution in [0.25, 0.3) is 0 Å². The maximum Gasteiger partial charge on any atom is 0.189 e. The third kappa shape index (κ3) is 1.44. The van der Waals surface area contributed by atoms with Crippen molar-refractivity contribution in [3.05, 3.63) is 42.1 Å². The Bertz CT molecular complexity index is 258. The quantitative estimate of drug-likeness (QED) is 0.638. The van der Waals surface area contributed by atoms with Crippen LogP contribution >= 0.6 is 11.9 Å². The molecule has 0 bridgehead atoms. The van der Waals surface area contributed by atoms with Gasteiger partial charge in [-0.3, -0.25) is 4.99 Å². The first-order valence-corrected chi connectivity index (χ1v) is 4.21. The van der Waals surface area contributed by atoms with Crippen LogP contribution in [0.4, 0.5) is 0 Å². The zero-order chi connectivity index (χ0) is 7.52. The number of hydrogen-bond donors (Lipinski definition) is 1. The molecule has 1 heterocycles. The molecule has 0 amide bonds. The number of rotatable bonds is 1. The molecule has 1 radical (unpaired) electrons. The van der Waals surface area contributed by atoms with Crippen LogP contribution in [0.2, 0.25) is 0 Å². The van der Waals surface area contributed by atoms with E-state index in [4.69, 9.17) is 0 Å². The highest BCUT2D eigenvalue weighted by Crippen LogP contribution is 2.19. The standard InChI is InChI=1S/C8H7N2S/c1-2-4-7(5-3-1)8-9-6-11-10-8/h1-6,10H. The van der Waals surface area contributed by atoms with Gasteiger partial charge >= 0.3 is 0 Å². The zero-order valence-electron chi connectivity index (χ0n) is 5.82. The molecule has 1 aliphatic heterocycles. The van der Waals surface area contributed by atoms with Crippen LogP contribution in [-0.2, 0) is 0 Å². The van der Waals surface area contributed by atoms with Gasteiger partial charge in [-0.15, -0.1) is 0 Å². The van der Waals surface area contributed by atoms with Gasteiger partial charge in [-0.25, -0.2) is 4.72 Å². The van der Waals surface area contributed by atoms with E-state index in [2.05, 4.69) is 9.71 Å². The van der Waals surface area contributed by atoms with Gasteiger partial charge in [0.25, 0.3) is 0 Å². The maximum atomic E-state index is 4.15. The molecule has 0 aromatic heterocycles. The van der Waals surface area contributed by atoms with Gasteiger partial charge in [0.05, 0.1) is 5.55 Å². The van der Waals surface area contributed by atoms with Crippen LogP contribution < -0.4 is 4.72 Å². The summed E-state index contributed by atoms with van der Waals surface area (Å²) in [5.41, 5.74) is 2.93. The van der Waals surface area contributed by atoms with E-state index in [0.29, 0.717) is 0 Å². The molecule has 0 aliphatic carbocycles. The molecule has 2 nitrogen and oxygen atoms in total. The summed E-state index contributed by atoms with van der Waals surface area (Å²) in [7, 11) is 0. The molecule has 1 aromatic carbocycles. The Balaban J connectivity index is 2.23. The highest BCUT2D eigenvalue weighted by Gasteiger charge is 2.12. The summed E-state index contributed by atoms with van der Waals surface area (Å²) in [6.45, 7) is 0. The predicted molar refractivity (Wildman–Crippen MR) is 48.0 cm³/mol. The first-order valence-electron chi connectivity index (χ1n) is 3.33. The fourth-order valence-corrected chi connectivity index (χ4v) is 1.41. The second-order valence-electron chi connectivity index (χ2n) is 2.17. The minimum atomic E-state index is 0.940. The molecule has 1 aromatic rings. The zero-order valence-corrected chi connectivity index (χ0v) is 6.64. The number of nitrogens with zero attached hydrogens (tertiary/aromatic N) is 1. The number of benzene rings is 1. The molecule has 0 unspecified atom stereocenters. The Morgan fingerprint density at radius 2 is 2.00 bits per heavy atom. The molecule has 0 saturated heterocycles. The second-order valence-corrected chi connectivity index (χ2v) is 2.82. The van der Waals surface area contributed by atoms with Gasteiger partial charge in [-0.1, -0.05) is 30.3 Å². The highest BCUT2D eigenvalue weighted by molar-refractivity contribution is 8.10. The second kappa shape index (κ2) is 3.07. The summed E-state index contributed by atoms with van der Waals surface area (Å²) < 4.78 is 3.08. The van der Waals surface area contributed by atoms with Gasteiger partial charge in [0.2, 0.25) is 0 Å². The normalized spacial score (nSPS) is 17.5. The molecule has 0 atom stereocenters. The lowest BCUT2D eigenvalue weighted by molar-refractivity contribution is 0.996. The number of nitrogens with one attached hydrogen (secondary N) is 1. The average Bonchev–Trinajstić information content (AvgIpc) is 2.58. The van der Waals surface area contributed by atoms with Crippen molar-refractivity contribution >= 4 is 17.5 Å². The first-order chi connectivity index (χ1) is 5.47. The molecule has 0 spiro atoms. The summed E-state index contributed by atoms with van der Waals surface area (Å²) in [6.07, 6.45) is 0.940. The number of hydrogen-bond acceptors (Lipinski definition) is 3. The van der Waals surface area contributed by atoms with E-state index in [0.717, 1.165) is 11.7 Å². The molecule has 11 heavy (non-hydrogen) atoms. The van der Waals surface area contributed by atoms with Crippen LogP contribution in [0.3, 0.4) is 0 Å². The van der Waals surface area contributed by atoms with Gasteiger partial charge in [-0.05, 0) is 17.5 Å². The third-order valence-electron chi connectivity index (χ3n) is 1.44. The molecular formula is C8H7N2S. The Kier molecular flexibility index (Phi) is 1.92. The van der Waals surface area contributed by atoms with Gasteiger partial charge in [-0.2, -0.15) is 0 Å². The molecule has 1 N–H and O–H groups in total. The minimum Gasteiger partial charge on any atom is -0.252 e. The first kappa shape index (κ1) is 6.88. The average molecular weight is 163 g/mol. The lowest BCUT2D eigenvalue weighted by Crippen LogP contribution is -2.06. The lowest BCUT2D eigenvalue weighted by Gasteiger charge is -2.03. The van der Waals surface area contributed by atoms with Gasteiger partial charge < -0.3 is 0 Å². The van der Waals surface area contributed by atoms with Crippen LogP contribution in [0, 0.1) is 6.17 Å².